The van der Waals surface area contributed by atoms with Gasteiger partial charge in [-0.05, 0) is 24.7 Å². The molecule has 1 unspecified atom stereocenters. The number of carboxylic acids is 1. The zero-order chi connectivity index (χ0) is 12.0. The van der Waals surface area contributed by atoms with Gasteiger partial charge in [-0.25, -0.2) is 0 Å². The summed E-state index contributed by atoms with van der Waals surface area (Å²) in [5.74, 6) is 0.604. The molecule has 16 heavy (non-hydrogen) atoms. The molecule has 1 saturated carbocycles. The van der Waals surface area contributed by atoms with Crippen molar-refractivity contribution in [3.63, 3.8) is 0 Å². The summed E-state index contributed by atoms with van der Waals surface area (Å²) in [7, 11) is -0.810. The summed E-state index contributed by atoms with van der Waals surface area (Å²) in [4.78, 5) is 10.6. The van der Waals surface area contributed by atoms with Crippen LogP contribution in [-0.2, 0) is 15.6 Å². The molecule has 1 rings (SSSR count). The van der Waals surface area contributed by atoms with E-state index in [1.165, 1.54) is 12.8 Å². The molecular formula is C12H22O3S. The maximum Gasteiger partial charge on any atom is 0.303 e. The lowest BCUT2D eigenvalue weighted by atomic mass is 10.1. The van der Waals surface area contributed by atoms with Crippen molar-refractivity contribution in [1.82, 2.24) is 0 Å². The molecule has 0 spiro atoms. The minimum atomic E-state index is -0.810. The van der Waals surface area contributed by atoms with Gasteiger partial charge in [0.2, 0.25) is 0 Å². The molecule has 0 aromatic heterocycles. The number of rotatable bonds is 9. The molecule has 0 aromatic rings. The number of unbranched alkanes of at least 4 members (excludes halogenated alkanes) is 3. The van der Waals surface area contributed by atoms with Crippen LogP contribution in [-0.4, -0.2) is 26.8 Å². The van der Waals surface area contributed by atoms with Gasteiger partial charge in [-0.3, -0.25) is 9.00 Å². The number of carbonyl (C=O) groups is 1. The summed E-state index contributed by atoms with van der Waals surface area (Å²) in [5.41, 5.74) is -0.110. The van der Waals surface area contributed by atoms with E-state index in [2.05, 4.69) is 6.92 Å². The fourth-order valence-electron chi connectivity index (χ4n) is 1.97. The average Bonchev–Trinajstić information content (AvgIpc) is 2.91. The third-order valence-corrected chi connectivity index (χ3v) is 4.85. The van der Waals surface area contributed by atoms with E-state index in [4.69, 9.17) is 5.11 Å². The molecule has 0 aromatic carbocycles. The van der Waals surface area contributed by atoms with Gasteiger partial charge in [0.05, 0.1) is 6.42 Å². The number of aliphatic carboxylic acids is 1. The van der Waals surface area contributed by atoms with Crippen LogP contribution in [0.15, 0.2) is 0 Å². The zero-order valence-corrected chi connectivity index (χ0v) is 10.9. The molecule has 94 valence electrons. The summed E-state index contributed by atoms with van der Waals surface area (Å²) >= 11 is 0. The van der Waals surface area contributed by atoms with E-state index in [9.17, 15) is 9.00 Å². The smallest absolute Gasteiger partial charge is 0.303 e. The van der Waals surface area contributed by atoms with Gasteiger partial charge in [-0.2, -0.15) is 0 Å². The van der Waals surface area contributed by atoms with Crippen LogP contribution >= 0.6 is 0 Å². The zero-order valence-electron chi connectivity index (χ0n) is 10.0. The van der Waals surface area contributed by atoms with E-state index >= 15 is 0 Å². The third kappa shape index (κ3) is 5.10. The van der Waals surface area contributed by atoms with Crippen LogP contribution < -0.4 is 0 Å². The molecule has 1 N–H and O–H groups in total. The van der Waals surface area contributed by atoms with E-state index in [-0.39, 0.29) is 11.8 Å². The van der Waals surface area contributed by atoms with Gasteiger partial charge in [0, 0.05) is 22.3 Å². The fourth-order valence-corrected chi connectivity index (χ4v) is 3.72. The standard InChI is InChI=1S/C12H22O3S/c1-2-3-4-5-8-16(15)10-12(6-7-12)9-11(13)14/h2-10H2,1H3,(H,13,14). The Balaban J connectivity index is 2.16. The molecule has 1 aliphatic carbocycles. The van der Waals surface area contributed by atoms with Crippen molar-refractivity contribution < 1.29 is 14.1 Å². The molecular weight excluding hydrogens is 224 g/mol. The molecule has 1 fully saturated rings. The Morgan fingerprint density at radius 2 is 2.00 bits per heavy atom. The topological polar surface area (TPSA) is 54.4 Å². The first-order valence-corrected chi connectivity index (χ1v) is 7.63. The number of hydrogen-bond donors (Lipinski definition) is 1. The monoisotopic (exact) mass is 246 g/mol. The van der Waals surface area contributed by atoms with Crippen LogP contribution in [0, 0.1) is 5.41 Å². The molecule has 0 radical (unpaired) electrons. The summed E-state index contributed by atoms with van der Waals surface area (Å²) < 4.78 is 11.8. The SMILES string of the molecule is CCCCCCS(=O)CC1(CC(=O)O)CC1. The van der Waals surface area contributed by atoms with Crippen molar-refractivity contribution in [2.75, 3.05) is 11.5 Å². The van der Waals surface area contributed by atoms with Gasteiger partial charge in [0.1, 0.15) is 0 Å². The maximum absolute atomic E-state index is 11.8. The largest absolute Gasteiger partial charge is 0.481 e. The first kappa shape index (κ1) is 13.7. The first-order valence-electron chi connectivity index (χ1n) is 6.15. The Kier molecular flexibility index (Phi) is 5.46. The van der Waals surface area contributed by atoms with Crippen LogP contribution in [0.25, 0.3) is 0 Å². The van der Waals surface area contributed by atoms with E-state index in [0.29, 0.717) is 5.75 Å². The minimum absolute atomic E-state index is 0.110. The van der Waals surface area contributed by atoms with Gasteiger partial charge in [0.15, 0.2) is 0 Å². The van der Waals surface area contributed by atoms with Crippen molar-refractivity contribution in [3.8, 4) is 0 Å². The van der Waals surface area contributed by atoms with Crippen molar-refractivity contribution in [1.29, 1.82) is 0 Å². The lowest BCUT2D eigenvalue weighted by molar-refractivity contribution is -0.138. The van der Waals surface area contributed by atoms with Crippen LogP contribution in [0.3, 0.4) is 0 Å². The average molecular weight is 246 g/mol. The van der Waals surface area contributed by atoms with Crippen LogP contribution in [0.1, 0.15) is 51.9 Å². The highest BCUT2D eigenvalue weighted by Crippen LogP contribution is 2.49. The van der Waals surface area contributed by atoms with Crippen molar-refractivity contribution in [2.45, 2.75) is 51.9 Å². The van der Waals surface area contributed by atoms with E-state index < -0.39 is 16.8 Å². The molecule has 0 bridgehead atoms. The van der Waals surface area contributed by atoms with Crippen molar-refractivity contribution in [3.05, 3.63) is 0 Å². The van der Waals surface area contributed by atoms with Gasteiger partial charge >= 0.3 is 5.97 Å². The molecule has 3 nitrogen and oxygen atoms in total. The maximum atomic E-state index is 11.8. The van der Waals surface area contributed by atoms with Crippen LogP contribution in [0.5, 0.6) is 0 Å². The number of carboxylic acid groups (broad SMARTS) is 1. The Morgan fingerprint density at radius 1 is 1.31 bits per heavy atom. The normalized spacial score (nSPS) is 19.3. The highest BCUT2D eigenvalue weighted by atomic mass is 32.2. The van der Waals surface area contributed by atoms with Gasteiger partial charge in [-0.1, -0.05) is 26.2 Å². The second-order valence-electron chi connectivity index (χ2n) is 4.92. The van der Waals surface area contributed by atoms with Gasteiger partial charge < -0.3 is 5.11 Å². The van der Waals surface area contributed by atoms with E-state index in [1.807, 2.05) is 0 Å². The predicted octanol–water partition coefficient (Wildman–Crippen LogP) is 2.57. The molecule has 0 aliphatic heterocycles. The lowest BCUT2D eigenvalue weighted by Gasteiger charge is -2.11. The highest BCUT2D eigenvalue weighted by molar-refractivity contribution is 7.85. The fraction of sp³-hybridized carbons (Fsp3) is 0.917. The Bertz CT molecular complexity index is 259. The first-order chi connectivity index (χ1) is 7.58. The van der Waals surface area contributed by atoms with Crippen molar-refractivity contribution >= 4 is 16.8 Å². The van der Waals surface area contributed by atoms with Gasteiger partial charge in [0.25, 0.3) is 0 Å². The summed E-state index contributed by atoms with van der Waals surface area (Å²) in [6, 6.07) is 0. The molecule has 1 aliphatic rings. The van der Waals surface area contributed by atoms with E-state index in [0.717, 1.165) is 31.4 Å². The van der Waals surface area contributed by atoms with Crippen LogP contribution in [0.4, 0.5) is 0 Å². The quantitative estimate of drug-likeness (QED) is 0.636. The molecule has 4 heteroatoms. The Morgan fingerprint density at radius 3 is 2.50 bits per heavy atom. The highest BCUT2D eigenvalue weighted by Gasteiger charge is 2.45. The molecule has 0 saturated heterocycles. The third-order valence-electron chi connectivity index (χ3n) is 3.18. The van der Waals surface area contributed by atoms with Crippen molar-refractivity contribution in [2.24, 2.45) is 5.41 Å². The van der Waals surface area contributed by atoms with Crippen LogP contribution in [0.2, 0.25) is 0 Å². The van der Waals surface area contributed by atoms with Gasteiger partial charge in [-0.15, -0.1) is 0 Å². The molecule has 1 atom stereocenters. The summed E-state index contributed by atoms with van der Waals surface area (Å²) in [6.07, 6.45) is 6.65. The summed E-state index contributed by atoms with van der Waals surface area (Å²) in [6.45, 7) is 2.16. The predicted molar refractivity (Wildman–Crippen MR) is 65.9 cm³/mol. The second-order valence-corrected chi connectivity index (χ2v) is 6.50. The Hall–Kier alpha value is -0.380. The van der Waals surface area contributed by atoms with E-state index in [1.54, 1.807) is 0 Å². The lowest BCUT2D eigenvalue weighted by Crippen LogP contribution is -2.18. The summed E-state index contributed by atoms with van der Waals surface area (Å²) in [5, 5.41) is 8.75. The Labute approximate surface area is 100 Å². The molecule has 0 amide bonds. The second kappa shape index (κ2) is 6.38. The minimum Gasteiger partial charge on any atom is -0.481 e. The number of hydrogen-bond acceptors (Lipinski definition) is 2. The molecule has 0 heterocycles.